The molecule has 32 heavy (non-hydrogen) atoms. The van der Waals surface area contributed by atoms with E-state index in [1.54, 1.807) is 4.68 Å². The maximum Gasteiger partial charge on any atom is 0.229 e. The minimum absolute atomic E-state index is 0.549. The van der Waals surface area contributed by atoms with Gasteiger partial charge in [-0.3, -0.25) is 0 Å². The van der Waals surface area contributed by atoms with Crippen molar-refractivity contribution in [2.75, 3.05) is 23.7 Å². The lowest BCUT2D eigenvalue weighted by atomic mass is 10.0. The number of nitrogens with one attached hydrogen (secondary N) is 3. The van der Waals surface area contributed by atoms with E-state index in [2.05, 4.69) is 88.4 Å². The molecule has 0 fully saturated rings. The molecule has 0 saturated carbocycles. The summed E-state index contributed by atoms with van der Waals surface area (Å²) in [6, 6.07) is 14.7. The molecule has 7 nitrogen and oxygen atoms in total. The molecule has 5 rings (SSSR count). The number of rotatable bonds is 5. The summed E-state index contributed by atoms with van der Waals surface area (Å²) in [6.45, 7) is 6.15. The number of nitrogens with zero attached hydrogens (tertiary/aromatic N) is 4. The van der Waals surface area contributed by atoms with E-state index in [0.717, 1.165) is 47.7 Å². The zero-order valence-corrected chi connectivity index (χ0v) is 18.6. The van der Waals surface area contributed by atoms with Crippen LogP contribution < -0.4 is 16.0 Å². The molecule has 0 bridgehead atoms. The van der Waals surface area contributed by atoms with E-state index in [4.69, 9.17) is 4.98 Å². The van der Waals surface area contributed by atoms with Crippen molar-refractivity contribution in [2.24, 2.45) is 7.05 Å². The summed E-state index contributed by atoms with van der Waals surface area (Å²) < 4.78 is 1.78. The Morgan fingerprint density at radius 1 is 1.00 bits per heavy atom. The van der Waals surface area contributed by atoms with E-state index in [1.807, 2.05) is 13.2 Å². The molecule has 0 spiro atoms. The van der Waals surface area contributed by atoms with Crippen LogP contribution in [0.4, 0.5) is 23.1 Å². The van der Waals surface area contributed by atoms with Crippen LogP contribution in [-0.2, 0) is 7.05 Å². The van der Waals surface area contributed by atoms with Crippen LogP contribution in [-0.4, -0.2) is 32.8 Å². The normalized spacial score (nSPS) is 13.8. The number of fused-ring (bicyclic) bond motifs is 1. The van der Waals surface area contributed by atoms with Crippen LogP contribution >= 0.6 is 0 Å². The third kappa shape index (κ3) is 3.94. The average molecular weight is 426 g/mol. The fraction of sp³-hybridized carbons (Fsp3) is 0.240. The molecule has 1 aliphatic rings. The number of hydrogen-bond acceptors (Lipinski definition) is 6. The number of para-hydroxylation sites is 1. The van der Waals surface area contributed by atoms with Gasteiger partial charge in [-0.25, -0.2) is 9.67 Å². The van der Waals surface area contributed by atoms with Crippen molar-refractivity contribution in [3.05, 3.63) is 71.4 Å². The number of benzene rings is 2. The molecule has 3 heterocycles. The molecule has 7 heteroatoms. The smallest absolute Gasteiger partial charge is 0.229 e. The molecule has 0 aliphatic carbocycles. The van der Waals surface area contributed by atoms with Gasteiger partial charge in [0.15, 0.2) is 11.5 Å². The summed E-state index contributed by atoms with van der Waals surface area (Å²) in [5.74, 6) is 1.30. The Morgan fingerprint density at radius 3 is 2.50 bits per heavy atom. The molecular formula is C25H27N7. The van der Waals surface area contributed by atoms with Gasteiger partial charge in [0.1, 0.15) is 0 Å². The number of hydrogen-bond donors (Lipinski definition) is 3. The van der Waals surface area contributed by atoms with Crippen LogP contribution in [0.3, 0.4) is 0 Å². The third-order valence-electron chi connectivity index (χ3n) is 5.88. The Morgan fingerprint density at radius 2 is 1.78 bits per heavy atom. The Labute approximate surface area is 187 Å². The summed E-state index contributed by atoms with van der Waals surface area (Å²) in [5, 5.41) is 15.7. The highest BCUT2D eigenvalue weighted by atomic mass is 15.3. The Bertz CT molecular complexity index is 1280. The van der Waals surface area contributed by atoms with Gasteiger partial charge in [-0.05, 0) is 61.2 Å². The summed E-state index contributed by atoms with van der Waals surface area (Å²) >= 11 is 0. The van der Waals surface area contributed by atoms with E-state index >= 15 is 0 Å². The van der Waals surface area contributed by atoms with Crippen molar-refractivity contribution >= 4 is 39.7 Å². The zero-order valence-electron chi connectivity index (χ0n) is 18.6. The highest BCUT2D eigenvalue weighted by Crippen LogP contribution is 2.29. The van der Waals surface area contributed by atoms with E-state index in [-0.39, 0.29) is 0 Å². The Kier molecular flexibility index (Phi) is 5.33. The quantitative estimate of drug-likeness (QED) is 0.424. The van der Waals surface area contributed by atoms with Crippen LogP contribution in [0, 0.1) is 13.8 Å². The first-order valence-corrected chi connectivity index (χ1v) is 10.9. The van der Waals surface area contributed by atoms with Crippen LogP contribution in [0.15, 0.2) is 54.7 Å². The highest BCUT2D eigenvalue weighted by Gasteiger charge is 2.14. The predicted molar refractivity (Wildman–Crippen MR) is 131 cm³/mol. The first-order chi connectivity index (χ1) is 15.6. The minimum Gasteiger partial charge on any atom is -0.338 e. The van der Waals surface area contributed by atoms with Gasteiger partial charge in [0.2, 0.25) is 5.95 Å². The SMILES string of the molecule is Cc1cccc(C)c1Nc1nn(C)c2nc(Nc3ccc(C4=CCNCC4)cc3)ncc12. The lowest BCUT2D eigenvalue weighted by Crippen LogP contribution is -2.19. The highest BCUT2D eigenvalue weighted by molar-refractivity contribution is 5.90. The van der Waals surface area contributed by atoms with Gasteiger partial charge in [0, 0.05) is 31.2 Å². The molecule has 0 atom stereocenters. The second-order valence-corrected chi connectivity index (χ2v) is 8.18. The van der Waals surface area contributed by atoms with Gasteiger partial charge in [-0.1, -0.05) is 36.4 Å². The first kappa shape index (κ1) is 20.2. The fourth-order valence-electron chi connectivity index (χ4n) is 4.10. The van der Waals surface area contributed by atoms with Gasteiger partial charge >= 0.3 is 0 Å². The van der Waals surface area contributed by atoms with Gasteiger partial charge < -0.3 is 16.0 Å². The van der Waals surface area contributed by atoms with Gasteiger partial charge in [-0.15, -0.1) is 0 Å². The van der Waals surface area contributed by atoms with Crippen molar-refractivity contribution in [3.8, 4) is 0 Å². The molecule has 0 saturated heterocycles. The monoisotopic (exact) mass is 425 g/mol. The summed E-state index contributed by atoms with van der Waals surface area (Å²) in [7, 11) is 1.90. The summed E-state index contributed by atoms with van der Waals surface area (Å²) in [4.78, 5) is 9.25. The molecule has 162 valence electrons. The van der Waals surface area contributed by atoms with E-state index < -0.39 is 0 Å². The molecule has 3 N–H and O–H groups in total. The Balaban J connectivity index is 1.38. The molecule has 0 radical (unpaired) electrons. The van der Waals surface area contributed by atoms with E-state index in [9.17, 15) is 0 Å². The number of aryl methyl sites for hydroxylation is 3. The summed E-state index contributed by atoms with van der Waals surface area (Å²) in [6.07, 6.45) is 5.14. The molecule has 1 aliphatic heterocycles. The van der Waals surface area contributed by atoms with Gasteiger partial charge in [-0.2, -0.15) is 10.1 Å². The third-order valence-corrected chi connectivity index (χ3v) is 5.88. The van der Waals surface area contributed by atoms with Gasteiger partial charge in [0.25, 0.3) is 0 Å². The second-order valence-electron chi connectivity index (χ2n) is 8.18. The van der Waals surface area contributed by atoms with Gasteiger partial charge in [0.05, 0.1) is 5.39 Å². The maximum atomic E-state index is 4.71. The number of anilines is 4. The van der Waals surface area contributed by atoms with Crippen molar-refractivity contribution in [1.82, 2.24) is 25.1 Å². The van der Waals surface area contributed by atoms with Crippen LogP contribution in [0.5, 0.6) is 0 Å². The number of aromatic nitrogens is 4. The molecule has 4 aromatic rings. The summed E-state index contributed by atoms with van der Waals surface area (Å²) in [5.41, 5.74) is 7.80. The lowest BCUT2D eigenvalue weighted by molar-refractivity contribution is 0.738. The first-order valence-electron chi connectivity index (χ1n) is 10.9. The van der Waals surface area contributed by atoms with Crippen LogP contribution in [0.2, 0.25) is 0 Å². The molecule has 2 aromatic heterocycles. The van der Waals surface area contributed by atoms with E-state index in [0.29, 0.717) is 5.95 Å². The lowest BCUT2D eigenvalue weighted by Gasteiger charge is -2.14. The fourth-order valence-corrected chi connectivity index (χ4v) is 4.10. The maximum absolute atomic E-state index is 4.71. The van der Waals surface area contributed by atoms with Crippen molar-refractivity contribution < 1.29 is 0 Å². The molecule has 0 amide bonds. The molecule has 0 unspecified atom stereocenters. The van der Waals surface area contributed by atoms with Crippen LogP contribution in [0.1, 0.15) is 23.1 Å². The van der Waals surface area contributed by atoms with Crippen LogP contribution in [0.25, 0.3) is 16.6 Å². The molecular weight excluding hydrogens is 398 g/mol. The predicted octanol–water partition coefficient (Wildman–Crippen LogP) is 4.84. The zero-order chi connectivity index (χ0) is 22.1. The van der Waals surface area contributed by atoms with E-state index in [1.165, 1.54) is 22.3 Å². The minimum atomic E-state index is 0.549. The second kappa shape index (κ2) is 8.43. The molecule has 2 aromatic carbocycles. The topological polar surface area (TPSA) is 79.7 Å². The van der Waals surface area contributed by atoms with Crippen molar-refractivity contribution in [3.63, 3.8) is 0 Å². The standard InChI is InChI=1S/C25H27N7/c1-16-5-4-6-17(2)22(16)29-23-21-15-27-25(30-24(21)32(3)31-23)28-20-9-7-18(8-10-20)19-11-13-26-14-12-19/h4-11,15,26H,12-14H2,1-3H3,(H,29,31)(H,27,28,30). The average Bonchev–Trinajstić information content (AvgIpc) is 3.12. The Hall–Kier alpha value is -3.71. The van der Waals surface area contributed by atoms with Crippen molar-refractivity contribution in [1.29, 1.82) is 0 Å². The largest absolute Gasteiger partial charge is 0.338 e. The van der Waals surface area contributed by atoms with Crippen molar-refractivity contribution in [2.45, 2.75) is 20.3 Å².